The molecule has 3 heteroatoms. The van der Waals surface area contributed by atoms with Gasteiger partial charge in [0.25, 0.3) is 0 Å². The van der Waals surface area contributed by atoms with Crippen molar-refractivity contribution >= 4 is 5.90 Å². The number of rotatable bonds is 4. The number of aryl methyl sites for hydroxylation is 2. The van der Waals surface area contributed by atoms with Gasteiger partial charge < -0.3 is 9.47 Å². The van der Waals surface area contributed by atoms with Gasteiger partial charge in [-0.3, -0.25) is 5.41 Å². The molecule has 0 aliphatic rings. The molecule has 0 radical (unpaired) electrons. The molecule has 2 aromatic carbocycles. The minimum Gasteiger partial charge on any atom is -0.489 e. The van der Waals surface area contributed by atoms with Crippen LogP contribution in [0.25, 0.3) is 0 Å². The molecular formula is C17H19NO2. The molecule has 0 saturated carbocycles. The molecule has 0 fully saturated rings. The van der Waals surface area contributed by atoms with Gasteiger partial charge in [-0.25, -0.2) is 0 Å². The van der Waals surface area contributed by atoms with Crippen LogP contribution in [0.5, 0.6) is 5.75 Å². The van der Waals surface area contributed by atoms with Crippen molar-refractivity contribution in [2.45, 2.75) is 20.5 Å². The smallest absolute Gasteiger partial charge is 0.213 e. The topological polar surface area (TPSA) is 42.3 Å². The van der Waals surface area contributed by atoms with Crippen molar-refractivity contribution in [3.05, 3.63) is 64.7 Å². The fraction of sp³-hybridized carbons (Fsp3) is 0.235. The number of ether oxygens (including phenoxy) is 2. The lowest BCUT2D eigenvalue weighted by Gasteiger charge is -2.11. The minimum absolute atomic E-state index is 0.141. The van der Waals surface area contributed by atoms with Gasteiger partial charge in [-0.05, 0) is 43.2 Å². The van der Waals surface area contributed by atoms with E-state index in [1.807, 2.05) is 24.3 Å². The highest BCUT2D eigenvalue weighted by Crippen LogP contribution is 2.18. The Morgan fingerprint density at radius 3 is 2.65 bits per heavy atom. The van der Waals surface area contributed by atoms with E-state index < -0.39 is 0 Å². The number of hydrogen-bond acceptors (Lipinski definition) is 3. The Balaban J connectivity index is 2.11. The van der Waals surface area contributed by atoms with Crippen LogP contribution < -0.4 is 4.74 Å². The number of methoxy groups -OCH3 is 1. The summed E-state index contributed by atoms with van der Waals surface area (Å²) in [5.41, 5.74) is 4.34. The molecular weight excluding hydrogens is 250 g/mol. The Hall–Kier alpha value is -2.29. The monoisotopic (exact) mass is 269 g/mol. The zero-order valence-electron chi connectivity index (χ0n) is 12.1. The number of hydrogen-bond donors (Lipinski definition) is 1. The third kappa shape index (κ3) is 3.38. The highest BCUT2D eigenvalue weighted by atomic mass is 16.5. The molecule has 1 N–H and O–H groups in total. The minimum atomic E-state index is 0.141. The van der Waals surface area contributed by atoms with Crippen molar-refractivity contribution < 1.29 is 9.47 Å². The van der Waals surface area contributed by atoms with Crippen molar-refractivity contribution in [3.8, 4) is 5.75 Å². The summed E-state index contributed by atoms with van der Waals surface area (Å²) in [6, 6.07) is 13.7. The maximum Gasteiger partial charge on any atom is 0.213 e. The molecule has 0 bridgehead atoms. The van der Waals surface area contributed by atoms with Crippen LogP contribution in [0.2, 0.25) is 0 Å². The second-order valence-electron chi connectivity index (χ2n) is 4.78. The second-order valence-corrected chi connectivity index (χ2v) is 4.78. The van der Waals surface area contributed by atoms with Crippen LogP contribution >= 0.6 is 0 Å². The van der Waals surface area contributed by atoms with Gasteiger partial charge in [0, 0.05) is 5.56 Å². The fourth-order valence-corrected chi connectivity index (χ4v) is 1.96. The third-order valence-electron chi connectivity index (χ3n) is 3.20. The molecule has 0 aliphatic heterocycles. The summed E-state index contributed by atoms with van der Waals surface area (Å²) >= 11 is 0. The summed E-state index contributed by atoms with van der Waals surface area (Å²) in [4.78, 5) is 0. The molecule has 0 amide bonds. The third-order valence-corrected chi connectivity index (χ3v) is 3.20. The second kappa shape index (κ2) is 6.24. The van der Waals surface area contributed by atoms with E-state index in [4.69, 9.17) is 14.9 Å². The summed E-state index contributed by atoms with van der Waals surface area (Å²) in [6.45, 7) is 4.68. The summed E-state index contributed by atoms with van der Waals surface area (Å²) in [5.74, 6) is 0.882. The van der Waals surface area contributed by atoms with Crippen molar-refractivity contribution in [1.29, 1.82) is 5.41 Å². The van der Waals surface area contributed by atoms with Crippen LogP contribution in [-0.4, -0.2) is 13.0 Å². The van der Waals surface area contributed by atoms with Crippen molar-refractivity contribution in [2.75, 3.05) is 7.11 Å². The Morgan fingerprint density at radius 1 is 1.10 bits per heavy atom. The van der Waals surface area contributed by atoms with Gasteiger partial charge in [0.2, 0.25) is 5.90 Å². The Morgan fingerprint density at radius 2 is 1.90 bits per heavy atom. The first-order chi connectivity index (χ1) is 9.60. The molecule has 3 nitrogen and oxygen atoms in total. The molecule has 0 spiro atoms. The molecule has 20 heavy (non-hydrogen) atoms. The predicted octanol–water partition coefficient (Wildman–Crippen LogP) is 3.85. The predicted molar refractivity (Wildman–Crippen MR) is 80.5 cm³/mol. The molecule has 104 valence electrons. The van der Waals surface area contributed by atoms with E-state index in [1.54, 1.807) is 0 Å². The van der Waals surface area contributed by atoms with E-state index in [1.165, 1.54) is 23.8 Å². The van der Waals surface area contributed by atoms with Gasteiger partial charge in [0.1, 0.15) is 12.4 Å². The van der Waals surface area contributed by atoms with Crippen molar-refractivity contribution in [3.63, 3.8) is 0 Å². The Labute approximate surface area is 119 Å². The summed E-state index contributed by atoms with van der Waals surface area (Å²) in [6.07, 6.45) is 0. The zero-order valence-corrected chi connectivity index (χ0v) is 12.1. The van der Waals surface area contributed by atoms with E-state index in [2.05, 4.69) is 32.0 Å². The molecule has 2 rings (SSSR count). The quantitative estimate of drug-likeness (QED) is 0.676. The maximum atomic E-state index is 7.66. The van der Waals surface area contributed by atoms with E-state index in [9.17, 15) is 0 Å². The number of benzene rings is 2. The SMILES string of the molecule is COC(=N)c1cccc(OCc2cc(C)ccc2C)c1. The maximum absolute atomic E-state index is 7.66. The van der Waals surface area contributed by atoms with E-state index in [0.717, 1.165) is 5.75 Å². The molecule has 2 aromatic rings. The van der Waals surface area contributed by atoms with Crippen LogP contribution in [0, 0.1) is 19.3 Å². The summed E-state index contributed by atoms with van der Waals surface area (Å²) in [7, 11) is 1.49. The Bertz CT molecular complexity index is 620. The van der Waals surface area contributed by atoms with Gasteiger partial charge in [0.15, 0.2) is 0 Å². The average molecular weight is 269 g/mol. The van der Waals surface area contributed by atoms with E-state index in [0.29, 0.717) is 12.2 Å². The zero-order chi connectivity index (χ0) is 14.5. The Kier molecular flexibility index (Phi) is 4.41. The lowest BCUT2D eigenvalue weighted by molar-refractivity contribution is 0.305. The van der Waals surface area contributed by atoms with Crippen LogP contribution in [0.4, 0.5) is 0 Å². The molecule has 0 atom stereocenters. The highest BCUT2D eigenvalue weighted by Gasteiger charge is 2.04. The van der Waals surface area contributed by atoms with Crippen LogP contribution in [0.15, 0.2) is 42.5 Å². The van der Waals surface area contributed by atoms with Gasteiger partial charge in [-0.1, -0.05) is 29.8 Å². The lowest BCUT2D eigenvalue weighted by atomic mass is 10.1. The largest absolute Gasteiger partial charge is 0.489 e. The molecule has 0 aliphatic carbocycles. The van der Waals surface area contributed by atoms with Gasteiger partial charge in [0.05, 0.1) is 7.11 Å². The van der Waals surface area contributed by atoms with E-state index in [-0.39, 0.29) is 5.90 Å². The molecule has 0 unspecified atom stereocenters. The first-order valence-corrected chi connectivity index (χ1v) is 6.52. The highest BCUT2D eigenvalue weighted by molar-refractivity contribution is 5.91. The van der Waals surface area contributed by atoms with Crippen LogP contribution in [0.3, 0.4) is 0 Å². The number of nitrogens with one attached hydrogen (secondary N) is 1. The molecule has 0 aromatic heterocycles. The normalized spacial score (nSPS) is 10.2. The van der Waals surface area contributed by atoms with Gasteiger partial charge in [-0.15, -0.1) is 0 Å². The van der Waals surface area contributed by atoms with E-state index >= 15 is 0 Å². The standard InChI is InChI=1S/C17H19NO2/c1-12-7-8-13(2)15(9-12)11-20-16-6-4-5-14(10-16)17(18)19-3/h4-10,18H,11H2,1-3H3. The van der Waals surface area contributed by atoms with Gasteiger partial charge in [-0.2, -0.15) is 0 Å². The fourth-order valence-electron chi connectivity index (χ4n) is 1.96. The average Bonchev–Trinajstić information content (AvgIpc) is 2.47. The molecule has 0 heterocycles. The summed E-state index contributed by atoms with van der Waals surface area (Å²) in [5, 5.41) is 7.66. The van der Waals surface area contributed by atoms with Gasteiger partial charge >= 0.3 is 0 Å². The van der Waals surface area contributed by atoms with Crippen molar-refractivity contribution in [1.82, 2.24) is 0 Å². The van der Waals surface area contributed by atoms with Crippen molar-refractivity contribution in [2.24, 2.45) is 0 Å². The molecule has 0 saturated heterocycles. The lowest BCUT2D eigenvalue weighted by Crippen LogP contribution is -2.03. The summed E-state index contributed by atoms with van der Waals surface area (Å²) < 4.78 is 10.7. The first-order valence-electron chi connectivity index (χ1n) is 6.52. The van der Waals surface area contributed by atoms with Crippen LogP contribution in [-0.2, 0) is 11.3 Å². The first kappa shape index (κ1) is 14.1. The van der Waals surface area contributed by atoms with Crippen LogP contribution in [0.1, 0.15) is 22.3 Å².